The molecule has 5 nitrogen and oxygen atoms in total. The number of carbonyl (C=O) groups excluding carboxylic acids is 2. The summed E-state index contributed by atoms with van der Waals surface area (Å²) in [5.41, 5.74) is 0.464. The lowest BCUT2D eigenvalue weighted by atomic mass is 10.3. The molecular formula is C14H19F2N3O2S. The molecule has 22 heavy (non-hydrogen) atoms. The van der Waals surface area contributed by atoms with Crippen molar-refractivity contribution in [2.45, 2.75) is 24.5 Å². The number of alkyl halides is 2. The standard InChI is InChI=1S/C14H19F2N3O2S/c1-3-19(4-2)12(20)9-17-14(21)18-10-5-7-11(8-6-10)22-13(15)16/h5-8,13H,3-4,9H2,1-2H3,(H2,17,18,21). The molecule has 0 heterocycles. The van der Waals surface area contributed by atoms with E-state index in [4.69, 9.17) is 0 Å². The number of halogens is 2. The zero-order chi connectivity index (χ0) is 16.5. The highest BCUT2D eigenvalue weighted by Crippen LogP contribution is 2.26. The Bertz CT molecular complexity index is 493. The molecule has 0 saturated heterocycles. The zero-order valence-electron chi connectivity index (χ0n) is 12.4. The Kier molecular flexibility index (Phi) is 7.65. The van der Waals surface area contributed by atoms with E-state index in [9.17, 15) is 18.4 Å². The Labute approximate surface area is 132 Å². The van der Waals surface area contributed by atoms with Crippen molar-refractivity contribution in [3.8, 4) is 0 Å². The van der Waals surface area contributed by atoms with Crippen LogP contribution in [0, 0.1) is 0 Å². The van der Waals surface area contributed by atoms with E-state index in [1.807, 2.05) is 13.8 Å². The van der Waals surface area contributed by atoms with Gasteiger partial charge < -0.3 is 15.5 Å². The maximum absolute atomic E-state index is 12.2. The van der Waals surface area contributed by atoms with Gasteiger partial charge in [0.1, 0.15) is 0 Å². The maximum Gasteiger partial charge on any atom is 0.319 e. The highest BCUT2D eigenvalue weighted by atomic mass is 32.2. The van der Waals surface area contributed by atoms with Crippen LogP contribution in [0.1, 0.15) is 13.8 Å². The number of nitrogens with one attached hydrogen (secondary N) is 2. The van der Waals surface area contributed by atoms with Crippen LogP contribution in [-0.2, 0) is 4.79 Å². The SMILES string of the molecule is CCN(CC)C(=O)CNC(=O)Nc1ccc(SC(F)F)cc1. The van der Waals surface area contributed by atoms with E-state index in [1.165, 1.54) is 24.3 Å². The van der Waals surface area contributed by atoms with Gasteiger partial charge >= 0.3 is 6.03 Å². The molecule has 0 aliphatic carbocycles. The predicted molar refractivity (Wildman–Crippen MR) is 83.3 cm³/mol. The van der Waals surface area contributed by atoms with Crippen LogP contribution in [-0.4, -0.2) is 42.2 Å². The van der Waals surface area contributed by atoms with E-state index in [1.54, 1.807) is 4.90 Å². The number of hydrogen-bond acceptors (Lipinski definition) is 3. The Morgan fingerprint density at radius 2 is 1.77 bits per heavy atom. The van der Waals surface area contributed by atoms with E-state index in [-0.39, 0.29) is 12.5 Å². The van der Waals surface area contributed by atoms with Crippen LogP contribution < -0.4 is 10.6 Å². The molecule has 0 aliphatic rings. The smallest absolute Gasteiger partial charge is 0.319 e. The monoisotopic (exact) mass is 331 g/mol. The van der Waals surface area contributed by atoms with Gasteiger partial charge in [0.05, 0.1) is 6.54 Å². The summed E-state index contributed by atoms with van der Waals surface area (Å²) in [6.45, 7) is 4.80. The summed E-state index contributed by atoms with van der Waals surface area (Å²) in [6, 6.07) is 5.52. The quantitative estimate of drug-likeness (QED) is 0.755. The second kappa shape index (κ2) is 9.24. The molecule has 1 rings (SSSR count). The van der Waals surface area contributed by atoms with E-state index >= 15 is 0 Å². The van der Waals surface area contributed by atoms with Crippen molar-refractivity contribution < 1.29 is 18.4 Å². The molecule has 0 atom stereocenters. The number of benzene rings is 1. The molecule has 3 amide bonds. The lowest BCUT2D eigenvalue weighted by Gasteiger charge is -2.18. The van der Waals surface area contributed by atoms with Crippen LogP contribution in [0.3, 0.4) is 0 Å². The van der Waals surface area contributed by atoms with Crippen LogP contribution in [0.25, 0.3) is 0 Å². The van der Waals surface area contributed by atoms with E-state index in [0.717, 1.165) is 0 Å². The average molecular weight is 331 g/mol. The largest absolute Gasteiger partial charge is 0.342 e. The van der Waals surface area contributed by atoms with Gasteiger partial charge in [0.25, 0.3) is 5.76 Å². The first kappa shape index (κ1) is 18.2. The van der Waals surface area contributed by atoms with E-state index < -0.39 is 11.8 Å². The third-order valence-electron chi connectivity index (χ3n) is 2.85. The van der Waals surface area contributed by atoms with Gasteiger partial charge in [0.2, 0.25) is 5.91 Å². The van der Waals surface area contributed by atoms with Crippen LogP contribution in [0.5, 0.6) is 0 Å². The molecule has 0 saturated carbocycles. The Morgan fingerprint density at radius 1 is 1.18 bits per heavy atom. The van der Waals surface area contributed by atoms with Gasteiger partial charge in [0, 0.05) is 23.7 Å². The molecule has 2 N–H and O–H groups in total. The summed E-state index contributed by atoms with van der Waals surface area (Å²) in [7, 11) is 0. The summed E-state index contributed by atoms with van der Waals surface area (Å²) in [5, 5.41) is 5.00. The van der Waals surface area contributed by atoms with Crippen molar-refractivity contribution in [3.63, 3.8) is 0 Å². The first-order chi connectivity index (χ1) is 10.5. The highest BCUT2D eigenvalue weighted by Gasteiger charge is 2.11. The zero-order valence-corrected chi connectivity index (χ0v) is 13.3. The van der Waals surface area contributed by atoms with Gasteiger partial charge in [-0.05, 0) is 38.1 Å². The molecule has 8 heteroatoms. The number of urea groups is 1. The molecule has 0 bridgehead atoms. The lowest BCUT2D eigenvalue weighted by Crippen LogP contribution is -2.41. The highest BCUT2D eigenvalue weighted by molar-refractivity contribution is 7.99. The first-order valence-corrected chi connectivity index (χ1v) is 7.71. The summed E-state index contributed by atoms with van der Waals surface area (Å²) < 4.78 is 24.4. The van der Waals surface area contributed by atoms with Crippen LogP contribution in [0.2, 0.25) is 0 Å². The molecule has 0 aromatic heterocycles. The van der Waals surface area contributed by atoms with Crippen molar-refractivity contribution in [2.24, 2.45) is 0 Å². The molecule has 1 aromatic carbocycles. The number of anilines is 1. The Morgan fingerprint density at radius 3 is 2.27 bits per heavy atom. The fourth-order valence-electron chi connectivity index (χ4n) is 1.74. The van der Waals surface area contributed by atoms with Gasteiger partial charge in [-0.2, -0.15) is 8.78 Å². The minimum atomic E-state index is -2.48. The lowest BCUT2D eigenvalue weighted by molar-refractivity contribution is -0.129. The van der Waals surface area contributed by atoms with Crippen molar-refractivity contribution in [3.05, 3.63) is 24.3 Å². The van der Waals surface area contributed by atoms with Crippen LogP contribution in [0.4, 0.5) is 19.3 Å². The minimum absolute atomic E-state index is 0.0904. The summed E-state index contributed by atoms with van der Waals surface area (Å²) in [5.74, 6) is -2.64. The second-order valence-corrected chi connectivity index (χ2v) is 5.34. The van der Waals surface area contributed by atoms with Gasteiger partial charge in [-0.1, -0.05) is 11.8 Å². The number of carbonyl (C=O) groups is 2. The summed E-state index contributed by atoms with van der Waals surface area (Å²) in [4.78, 5) is 25.4. The molecule has 0 aliphatic heterocycles. The Hall–Kier alpha value is -1.83. The van der Waals surface area contributed by atoms with E-state index in [0.29, 0.717) is 35.4 Å². The predicted octanol–water partition coefficient (Wildman–Crippen LogP) is 2.99. The summed E-state index contributed by atoms with van der Waals surface area (Å²) in [6.07, 6.45) is 0. The fraction of sp³-hybridized carbons (Fsp3) is 0.429. The van der Waals surface area contributed by atoms with Crippen molar-refractivity contribution >= 4 is 29.4 Å². The molecule has 1 aromatic rings. The number of nitrogens with zero attached hydrogens (tertiary/aromatic N) is 1. The fourth-order valence-corrected chi connectivity index (χ4v) is 2.24. The number of rotatable bonds is 7. The first-order valence-electron chi connectivity index (χ1n) is 6.83. The van der Waals surface area contributed by atoms with Gasteiger partial charge in [0.15, 0.2) is 0 Å². The van der Waals surface area contributed by atoms with Crippen LogP contribution >= 0.6 is 11.8 Å². The van der Waals surface area contributed by atoms with E-state index in [2.05, 4.69) is 10.6 Å². The normalized spacial score (nSPS) is 10.4. The average Bonchev–Trinajstić information content (AvgIpc) is 2.48. The maximum atomic E-state index is 12.2. The second-order valence-electron chi connectivity index (χ2n) is 4.28. The Balaban J connectivity index is 2.43. The number of hydrogen-bond donors (Lipinski definition) is 2. The number of thioether (sulfide) groups is 1. The third kappa shape index (κ3) is 6.30. The molecule has 0 radical (unpaired) electrons. The number of likely N-dealkylation sites (N-methyl/N-ethyl adjacent to an activating group) is 1. The topological polar surface area (TPSA) is 61.4 Å². The molecule has 0 unspecified atom stereocenters. The molecular weight excluding hydrogens is 312 g/mol. The van der Waals surface area contributed by atoms with Crippen molar-refractivity contribution in [1.82, 2.24) is 10.2 Å². The van der Waals surface area contributed by atoms with Crippen molar-refractivity contribution in [1.29, 1.82) is 0 Å². The van der Waals surface area contributed by atoms with Crippen LogP contribution in [0.15, 0.2) is 29.2 Å². The number of amides is 3. The molecule has 0 fully saturated rings. The molecule has 122 valence electrons. The van der Waals surface area contributed by atoms with Gasteiger partial charge in [-0.3, -0.25) is 4.79 Å². The van der Waals surface area contributed by atoms with Gasteiger partial charge in [-0.15, -0.1) is 0 Å². The van der Waals surface area contributed by atoms with Gasteiger partial charge in [-0.25, -0.2) is 4.79 Å². The van der Waals surface area contributed by atoms with Crippen molar-refractivity contribution in [2.75, 3.05) is 25.0 Å². The summed E-state index contributed by atoms with van der Waals surface area (Å²) >= 11 is 0.437. The minimum Gasteiger partial charge on any atom is -0.342 e. The third-order valence-corrected chi connectivity index (χ3v) is 3.58. The molecule has 0 spiro atoms.